The summed E-state index contributed by atoms with van der Waals surface area (Å²) in [4.78, 5) is 2.49. The molecule has 0 aromatic carbocycles. The standard InChI is InChI=1S/C13H26N2O/c1-15(10-12-8-13(14)9-12)5-2-11-3-6-16-7-4-11/h11-13H,2-10,14H2,1H3. The molecular weight excluding hydrogens is 200 g/mol. The Labute approximate surface area is 99.3 Å². The van der Waals surface area contributed by atoms with Crippen molar-refractivity contribution in [2.24, 2.45) is 17.6 Å². The predicted molar refractivity (Wildman–Crippen MR) is 66.4 cm³/mol. The van der Waals surface area contributed by atoms with Gasteiger partial charge in [-0.05, 0) is 57.5 Å². The zero-order valence-corrected chi connectivity index (χ0v) is 10.5. The maximum atomic E-state index is 5.80. The van der Waals surface area contributed by atoms with Gasteiger partial charge in [0.15, 0.2) is 0 Å². The van der Waals surface area contributed by atoms with E-state index in [4.69, 9.17) is 10.5 Å². The van der Waals surface area contributed by atoms with E-state index in [0.717, 1.165) is 25.0 Å². The Kier molecular flexibility index (Phi) is 4.62. The molecule has 3 heteroatoms. The zero-order chi connectivity index (χ0) is 11.4. The molecule has 2 N–H and O–H groups in total. The highest BCUT2D eigenvalue weighted by molar-refractivity contribution is 4.83. The Balaban J connectivity index is 1.54. The van der Waals surface area contributed by atoms with Crippen LogP contribution < -0.4 is 5.73 Å². The lowest BCUT2D eigenvalue weighted by molar-refractivity contribution is 0.0596. The molecule has 1 saturated heterocycles. The lowest BCUT2D eigenvalue weighted by Gasteiger charge is -2.35. The molecule has 1 saturated carbocycles. The number of ether oxygens (including phenoxy) is 1. The summed E-state index contributed by atoms with van der Waals surface area (Å²) in [6, 6.07) is 0.494. The molecule has 1 aliphatic heterocycles. The lowest BCUT2D eigenvalue weighted by atomic mass is 9.80. The molecule has 0 bridgehead atoms. The van der Waals surface area contributed by atoms with Gasteiger partial charge >= 0.3 is 0 Å². The van der Waals surface area contributed by atoms with Gasteiger partial charge in [-0.2, -0.15) is 0 Å². The van der Waals surface area contributed by atoms with Gasteiger partial charge < -0.3 is 15.4 Å². The molecule has 1 heterocycles. The average Bonchev–Trinajstić information content (AvgIpc) is 2.26. The highest BCUT2D eigenvalue weighted by atomic mass is 16.5. The minimum absolute atomic E-state index is 0.494. The molecule has 94 valence electrons. The van der Waals surface area contributed by atoms with Crippen molar-refractivity contribution >= 4 is 0 Å². The van der Waals surface area contributed by atoms with E-state index < -0.39 is 0 Å². The Morgan fingerprint density at radius 2 is 1.88 bits per heavy atom. The average molecular weight is 226 g/mol. The highest BCUT2D eigenvalue weighted by Gasteiger charge is 2.26. The summed E-state index contributed by atoms with van der Waals surface area (Å²) in [5.41, 5.74) is 5.80. The molecule has 0 atom stereocenters. The summed E-state index contributed by atoms with van der Waals surface area (Å²) in [5, 5.41) is 0. The molecule has 0 unspecified atom stereocenters. The van der Waals surface area contributed by atoms with E-state index in [9.17, 15) is 0 Å². The van der Waals surface area contributed by atoms with Gasteiger partial charge in [0.2, 0.25) is 0 Å². The summed E-state index contributed by atoms with van der Waals surface area (Å²) >= 11 is 0. The van der Waals surface area contributed by atoms with Crippen LogP contribution in [0.1, 0.15) is 32.1 Å². The number of nitrogens with two attached hydrogens (primary N) is 1. The van der Waals surface area contributed by atoms with Gasteiger partial charge in [-0.1, -0.05) is 0 Å². The van der Waals surface area contributed by atoms with Crippen molar-refractivity contribution in [3.63, 3.8) is 0 Å². The van der Waals surface area contributed by atoms with Crippen molar-refractivity contribution in [3.8, 4) is 0 Å². The van der Waals surface area contributed by atoms with Gasteiger partial charge in [-0.25, -0.2) is 0 Å². The van der Waals surface area contributed by atoms with Crippen LogP contribution in [0.2, 0.25) is 0 Å². The van der Waals surface area contributed by atoms with E-state index in [1.54, 1.807) is 0 Å². The van der Waals surface area contributed by atoms with Gasteiger partial charge in [0.1, 0.15) is 0 Å². The minimum atomic E-state index is 0.494. The van der Waals surface area contributed by atoms with Gasteiger partial charge in [-0.15, -0.1) is 0 Å². The van der Waals surface area contributed by atoms with Crippen LogP contribution in [0.15, 0.2) is 0 Å². The largest absolute Gasteiger partial charge is 0.381 e. The molecule has 2 rings (SSSR count). The number of nitrogens with zero attached hydrogens (tertiary/aromatic N) is 1. The second-order valence-corrected chi connectivity index (χ2v) is 5.70. The van der Waals surface area contributed by atoms with Gasteiger partial charge in [0.25, 0.3) is 0 Å². The second-order valence-electron chi connectivity index (χ2n) is 5.70. The van der Waals surface area contributed by atoms with Crippen molar-refractivity contribution in [3.05, 3.63) is 0 Å². The molecule has 16 heavy (non-hydrogen) atoms. The van der Waals surface area contributed by atoms with Gasteiger partial charge in [-0.3, -0.25) is 0 Å². The van der Waals surface area contributed by atoms with Crippen LogP contribution in [0.3, 0.4) is 0 Å². The predicted octanol–water partition coefficient (Wildman–Crippen LogP) is 1.47. The third-order valence-electron chi connectivity index (χ3n) is 4.10. The maximum Gasteiger partial charge on any atom is 0.0468 e. The third-order valence-corrected chi connectivity index (χ3v) is 4.10. The summed E-state index contributed by atoms with van der Waals surface area (Å²) in [7, 11) is 2.25. The SMILES string of the molecule is CN(CCC1CCOCC1)CC1CC(N)C1. The lowest BCUT2D eigenvalue weighted by Crippen LogP contribution is -2.42. The Bertz CT molecular complexity index is 198. The van der Waals surface area contributed by atoms with E-state index in [-0.39, 0.29) is 0 Å². The van der Waals surface area contributed by atoms with E-state index >= 15 is 0 Å². The Morgan fingerprint density at radius 1 is 1.19 bits per heavy atom. The van der Waals surface area contributed by atoms with Crippen LogP contribution in [0.4, 0.5) is 0 Å². The smallest absolute Gasteiger partial charge is 0.0468 e. The van der Waals surface area contributed by atoms with Gasteiger partial charge in [0.05, 0.1) is 0 Å². The highest BCUT2D eigenvalue weighted by Crippen LogP contribution is 2.26. The first-order chi connectivity index (χ1) is 7.74. The first kappa shape index (κ1) is 12.3. The fourth-order valence-corrected chi connectivity index (χ4v) is 2.91. The summed E-state index contributed by atoms with van der Waals surface area (Å²) in [6.45, 7) is 4.45. The molecule has 0 aromatic heterocycles. The van der Waals surface area contributed by atoms with Crippen LogP contribution in [0.5, 0.6) is 0 Å². The molecule has 0 aromatic rings. The number of hydrogen-bond acceptors (Lipinski definition) is 3. The number of hydrogen-bond donors (Lipinski definition) is 1. The molecule has 2 aliphatic rings. The van der Waals surface area contributed by atoms with Crippen molar-refractivity contribution < 1.29 is 4.74 Å². The van der Waals surface area contributed by atoms with E-state index in [1.165, 1.54) is 45.2 Å². The molecular formula is C13H26N2O. The van der Waals surface area contributed by atoms with Crippen LogP contribution in [-0.2, 0) is 4.74 Å². The summed E-state index contributed by atoms with van der Waals surface area (Å²) < 4.78 is 5.38. The van der Waals surface area contributed by atoms with Crippen molar-refractivity contribution in [2.75, 3.05) is 33.4 Å². The van der Waals surface area contributed by atoms with Crippen molar-refractivity contribution in [2.45, 2.75) is 38.1 Å². The maximum absolute atomic E-state index is 5.80. The topological polar surface area (TPSA) is 38.5 Å². The molecule has 2 fully saturated rings. The fraction of sp³-hybridized carbons (Fsp3) is 1.00. The zero-order valence-electron chi connectivity index (χ0n) is 10.5. The van der Waals surface area contributed by atoms with Crippen LogP contribution in [0, 0.1) is 11.8 Å². The van der Waals surface area contributed by atoms with E-state index in [1.807, 2.05) is 0 Å². The molecule has 1 aliphatic carbocycles. The van der Waals surface area contributed by atoms with E-state index in [0.29, 0.717) is 6.04 Å². The quantitative estimate of drug-likeness (QED) is 0.771. The molecule has 0 amide bonds. The first-order valence-electron chi connectivity index (χ1n) is 6.76. The third kappa shape index (κ3) is 3.72. The summed E-state index contributed by atoms with van der Waals surface area (Å²) in [6.07, 6.45) is 6.35. The van der Waals surface area contributed by atoms with Gasteiger partial charge in [0, 0.05) is 25.8 Å². The van der Waals surface area contributed by atoms with Crippen molar-refractivity contribution in [1.29, 1.82) is 0 Å². The second kappa shape index (κ2) is 5.99. The van der Waals surface area contributed by atoms with Crippen molar-refractivity contribution in [1.82, 2.24) is 4.90 Å². The first-order valence-corrected chi connectivity index (χ1v) is 6.76. The molecule has 0 radical (unpaired) electrons. The van der Waals surface area contributed by atoms with Crippen LogP contribution in [0.25, 0.3) is 0 Å². The van der Waals surface area contributed by atoms with E-state index in [2.05, 4.69) is 11.9 Å². The van der Waals surface area contributed by atoms with Crippen LogP contribution >= 0.6 is 0 Å². The normalized spacial score (nSPS) is 31.7. The fourth-order valence-electron chi connectivity index (χ4n) is 2.91. The summed E-state index contributed by atoms with van der Waals surface area (Å²) in [5.74, 6) is 1.77. The minimum Gasteiger partial charge on any atom is -0.381 e. The number of rotatable bonds is 5. The van der Waals surface area contributed by atoms with Crippen LogP contribution in [-0.4, -0.2) is 44.3 Å². The molecule has 0 spiro atoms. The Morgan fingerprint density at radius 3 is 2.50 bits per heavy atom. The molecule has 3 nitrogen and oxygen atoms in total. The monoisotopic (exact) mass is 226 g/mol. The Hall–Kier alpha value is -0.120.